The molecule has 0 aromatic heterocycles. The summed E-state index contributed by atoms with van der Waals surface area (Å²) in [5.74, 6) is 0.785. The van der Waals surface area contributed by atoms with Crippen molar-refractivity contribution in [1.82, 2.24) is 20.9 Å². The molecule has 2 atom stereocenters. The normalized spacial score (nSPS) is 23.7. The van der Waals surface area contributed by atoms with Gasteiger partial charge in [0.1, 0.15) is 17.5 Å². The number of hydrogen-bond acceptors (Lipinski definition) is 6. The van der Waals surface area contributed by atoms with Crippen LogP contribution in [0.3, 0.4) is 0 Å². The Morgan fingerprint density at radius 1 is 1.23 bits per heavy atom. The van der Waals surface area contributed by atoms with Crippen LogP contribution in [0.1, 0.15) is 82.9 Å². The van der Waals surface area contributed by atoms with Crippen molar-refractivity contribution in [2.75, 3.05) is 19.6 Å². The van der Waals surface area contributed by atoms with Gasteiger partial charge in [0.2, 0.25) is 5.91 Å². The number of nitriles is 1. The van der Waals surface area contributed by atoms with E-state index in [0.717, 1.165) is 44.5 Å². The molecule has 2 amide bonds. The molecule has 2 aliphatic heterocycles. The summed E-state index contributed by atoms with van der Waals surface area (Å²) in [4.78, 5) is 28.3. The zero-order valence-electron chi connectivity index (χ0n) is 20.9. The number of hydrogen-bond donors (Lipinski definition) is 3. The van der Waals surface area contributed by atoms with Crippen LogP contribution in [-0.2, 0) is 4.79 Å². The first-order valence-electron chi connectivity index (χ1n) is 13.3. The number of nitrogens with one attached hydrogen (secondary N) is 3. The molecule has 0 radical (unpaired) electrons. The lowest BCUT2D eigenvalue weighted by molar-refractivity contribution is -0.125. The van der Waals surface area contributed by atoms with Gasteiger partial charge in [-0.05, 0) is 44.2 Å². The van der Waals surface area contributed by atoms with Crippen LogP contribution in [-0.4, -0.2) is 48.1 Å². The van der Waals surface area contributed by atoms with Crippen molar-refractivity contribution in [3.63, 3.8) is 0 Å². The third-order valence-corrected chi connectivity index (χ3v) is 7.75. The highest BCUT2D eigenvalue weighted by Gasteiger charge is 2.39. The van der Waals surface area contributed by atoms with Crippen LogP contribution in [0, 0.1) is 17.2 Å². The first-order chi connectivity index (χ1) is 17.0. The summed E-state index contributed by atoms with van der Waals surface area (Å²) >= 11 is 0. The zero-order valence-corrected chi connectivity index (χ0v) is 20.9. The van der Waals surface area contributed by atoms with Crippen LogP contribution >= 0.6 is 0 Å². The van der Waals surface area contributed by atoms with Gasteiger partial charge in [-0.15, -0.1) is 0 Å². The van der Waals surface area contributed by atoms with Crippen molar-refractivity contribution in [3.05, 3.63) is 29.8 Å². The molecule has 2 heterocycles. The standard InChI is InChI=1S/C27H39N5O3/c1-2-15-32-16-13-27(19-28,14-17-32)31-25(33)22(18-20-9-5-3-4-6-10-20)29-24-21-11-7-8-12-23(21)35-26(34)30-24/h7-8,11-12,20,22,24,29H,2-6,9-10,13-18H2,1H3,(H,30,34)(H,31,33). The van der Waals surface area contributed by atoms with E-state index in [1.54, 1.807) is 6.07 Å². The maximum atomic E-state index is 13.7. The number of fused-ring (bicyclic) bond motifs is 1. The van der Waals surface area contributed by atoms with E-state index in [0.29, 0.717) is 30.9 Å². The molecule has 1 saturated heterocycles. The summed E-state index contributed by atoms with van der Waals surface area (Å²) in [6.45, 7) is 4.80. The number of carbonyl (C=O) groups is 2. The highest BCUT2D eigenvalue weighted by atomic mass is 16.6. The molecule has 190 valence electrons. The van der Waals surface area contributed by atoms with E-state index >= 15 is 0 Å². The lowest BCUT2D eigenvalue weighted by atomic mass is 9.87. The van der Waals surface area contributed by atoms with Gasteiger partial charge in [-0.1, -0.05) is 63.6 Å². The summed E-state index contributed by atoms with van der Waals surface area (Å²) in [6.07, 6.45) is 9.04. The predicted octanol–water partition coefficient (Wildman–Crippen LogP) is 3.99. The largest absolute Gasteiger partial charge is 0.414 e. The molecular weight excluding hydrogens is 442 g/mol. The summed E-state index contributed by atoms with van der Waals surface area (Å²) in [6, 6.07) is 9.29. The summed E-state index contributed by atoms with van der Waals surface area (Å²) in [5, 5.41) is 19.5. The molecule has 0 bridgehead atoms. The summed E-state index contributed by atoms with van der Waals surface area (Å²) in [5.41, 5.74) is -0.0460. The van der Waals surface area contributed by atoms with Crippen molar-refractivity contribution in [3.8, 4) is 11.8 Å². The molecule has 4 rings (SSSR count). The molecule has 8 nitrogen and oxygen atoms in total. The molecule has 1 saturated carbocycles. The van der Waals surface area contributed by atoms with E-state index in [1.807, 2.05) is 18.2 Å². The Balaban J connectivity index is 1.51. The van der Waals surface area contributed by atoms with Crippen molar-refractivity contribution < 1.29 is 14.3 Å². The second kappa shape index (κ2) is 11.9. The minimum absolute atomic E-state index is 0.155. The van der Waals surface area contributed by atoms with E-state index in [-0.39, 0.29) is 5.91 Å². The van der Waals surface area contributed by atoms with Crippen LogP contribution < -0.4 is 20.7 Å². The van der Waals surface area contributed by atoms with Crippen molar-refractivity contribution in [2.24, 2.45) is 5.92 Å². The van der Waals surface area contributed by atoms with Crippen molar-refractivity contribution in [2.45, 2.75) is 88.9 Å². The number of piperidine rings is 1. The average Bonchev–Trinajstić information content (AvgIpc) is 3.13. The lowest BCUT2D eigenvalue weighted by Gasteiger charge is -2.39. The molecular formula is C27H39N5O3. The first kappa shape index (κ1) is 25.5. The number of nitrogens with zero attached hydrogens (tertiary/aromatic N) is 2. The molecule has 3 N–H and O–H groups in total. The van der Waals surface area contributed by atoms with Gasteiger partial charge in [0.25, 0.3) is 0 Å². The highest BCUT2D eigenvalue weighted by molar-refractivity contribution is 5.83. The number of para-hydroxylation sites is 1. The van der Waals surface area contributed by atoms with Crippen LogP contribution in [0.25, 0.3) is 0 Å². The fourth-order valence-electron chi connectivity index (χ4n) is 5.72. The Labute approximate surface area is 208 Å². The van der Waals surface area contributed by atoms with Gasteiger partial charge in [0.15, 0.2) is 0 Å². The topological polar surface area (TPSA) is 106 Å². The number of likely N-dealkylation sites (tertiary alicyclic amines) is 1. The Bertz CT molecular complexity index is 914. The SMILES string of the molecule is CCCN1CCC(C#N)(NC(=O)C(CC2CCCCCC2)NC2NC(=O)Oc3ccccc32)CC1. The molecule has 0 spiro atoms. The van der Waals surface area contributed by atoms with Crippen molar-refractivity contribution in [1.29, 1.82) is 5.26 Å². The molecule has 1 aromatic carbocycles. The van der Waals surface area contributed by atoms with E-state index in [2.05, 4.69) is 33.8 Å². The Hall–Kier alpha value is -2.63. The minimum Gasteiger partial charge on any atom is -0.410 e. The number of rotatable bonds is 8. The van der Waals surface area contributed by atoms with E-state index in [1.165, 1.54) is 25.7 Å². The Morgan fingerprint density at radius 2 is 1.94 bits per heavy atom. The quantitative estimate of drug-likeness (QED) is 0.485. The zero-order chi connectivity index (χ0) is 24.7. The van der Waals surface area contributed by atoms with Crippen LogP contribution in [0.2, 0.25) is 0 Å². The smallest absolute Gasteiger partial charge is 0.410 e. The van der Waals surface area contributed by atoms with E-state index < -0.39 is 23.8 Å². The molecule has 2 unspecified atom stereocenters. The maximum absolute atomic E-state index is 13.7. The molecule has 1 aliphatic carbocycles. The van der Waals surface area contributed by atoms with Gasteiger partial charge in [0, 0.05) is 18.7 Å². The van der Waals surface area contributed by atoms with E-state index in [4.69, 9.17) is 4.74 Å². The highest BCUT2D eigenvalue weighted by Crippen LogP contribution is 2.31. The van der Waals surface area contributed by atoms with Gasteiger partial charge in [0.05, 0.1) is 12.1 Å². The lowest BCUT2D eigenvalue weighted by Crippen LogP contribution is -2.60. The van der Waals surface area contributed by atoms with Gasteiger partial charge < -0.3 is 20.3 Å². The summed E-state index contributed by atoms with van der Waals surface area (Å²) < 4.78 is 5.32. The fourth-order valence-corrected chi connectivity index (χ4v) is 5.72. The van der Waals surface area contributed by atoms with E-state index in [9.17, 15) is 14.9 Å². The van der Waals surface area contributed by atoms with Crippen LogP contribution in [0.4, 0.5) is 4.79 Å². The van der Waals surface area contributed by atoms with Crippen LogP contribution in [0.5, 0.6) is 5.75 Å². The van der Waals surface area contributed by atoms with Crippen LogP contribution in [0.15, 0.2) is 24.3 Å². The minimum atomic E-state index is -0.846. The number of benzene rings is 1. The molecule has 3 aliphatic rings. The van der Waals surface area contributed by atoms with Gasteiger partial charge in [-0.2, -0.15) is 5.26 Å². The number of amides is 2. The monoisotopic (exact) mass is 481 g/mol. The third kappa shape index (κ3) is 6.53. The average molecular weight is 482 g/mol. The van der Waals surface area contributed by atoms with Gasteiger partial charge in [-0.3, -0.25) is 10.1 Å². The second-order valence-corrected chi connectivity index (χ2v) is 10.3. The predicted molar refractivity (Wildman–Crippen MR) is 134 cm³/mol. The third-order valence-electron chi connectivity index (χ3n) is 7.75. The summed E-state index contributed by atoms with van der Waals surface area (Å²) in [7, 11) is 0. The van der Waals surface area contributed by atoms with Gasteiger partial charge in [-0.25, -0.2) is 4.79 Å². The molecule has 1 aromatic rings. The molecule has 35 heavy (non-hydrogen) atoms. The maximum Gasteiger partial charge on any atom is 0.414 e. The number of ether oxygens (including phenoxy) is 1. The molecule has 8 heteroatoms. The molecule has 2 fully saturated rings. The Morgan fingerprint density at radius 3 is 2.63 bits per heavy atom. The fraction of sp³-hybridized carbons (Fsp3) is 0.667. The second-order valence-electron chi connectivity index (χ2n) is 10.3. The number of carbonyl (C=O) groups excluding carboxylic acids is 2. The first-order valence-corrected chi connectivity index (χ1v) is 13.3. The van der Waals surface area contributed by atoms with Gasteiger partial charge >= 0.3 is 6.09 Å². The Kier molecular flexibility index (Phi) is 8.64. The van der Waals surface area contributed by atoms with Crippen molar-refractivity contribution >= 4 is 12.0 Å².